The van der Waals surface area contributed by atoms with Crippen molar-refractivity contribution in [2.75, 3.05) is 0 Å². The third-order valence-electron chi connectivity index (χ3n) is 3.48. The summed E-state index contributed by atoms with van der Waals surface area (Å²) in [5, 5.41) is 3.06. The van der Waals surface area contributed by atoms with Gasteiger partial charge in [0.1, 0.15) is 5.78 Å². The summed E-state index contributed by atoms with van der Waals surface area (Å²) in [6, 6.07) is 6.24. The highest BCUT2D eigenvalue weighted by Crippen LogP contribution is 2.35. The number of hydrogen-bond donors (Lipinski definition) is 1. The van der Waals surface area contributed by atoms with Crippen LogP contribution in [0.4, 0.5) is 0 Å². The van der Waals surface area contributed by atoms with Gasteiger partial charge in [-0.1, -0.05) is 28.1 Å². The van der Waals surface area contributed by atoms with E-state index in [1.807, 2.05) is 12.1 Å². The van der Waals surface area contributed by atoms with Crippen LogP contribution in [-0.2, 0) is 16.0 Å². The zero-order chi connectivity index (χ0) is 13.8. The Morgan fingerprint density at radius 1 is 1.37 bits per heavy atom. The lowest BCUT2D eigenvalue weighted by Gasteiger charge is -2.14. The highest BCUT2D eigenvalue weighted by Gasteiger charge is 2.24. The number of carbonyl (C=O) groups excluding carboxylic acids is 2. The molecule has 3 nitrogen and oxygen atoms in total. The van der Waals surface area contributed by atoms with Gasteiger partial charge in [-0.25, -0.2) is 0 Å². The van der Waals surface area contributed by atoms with E-state index >= 15 is 0 Å². The van der Waals surface area contributed by atoms with Gasteiger partial charge in [0.2, 0.25) is 5.91 Å². The normalized spacial score (nSPS) is 17.1. The molecule has 0 saturated heterocycles. The first-order valence-corrected chi connectivity index (χ1v) is 7.43. The molecule has 1 unspecified atom stereocenters. The van der Waals surface area contributed by atoms with E-state index < -0.39 is 0 Å². The van der Waals surface area contributed by atoms with E-state index in [0.717, 1.165) is 17.3 Å². The van der Waals surface area contributed by atoms with E-state index in [9.17, 15) is 9.59 Å². The van der Waals surface area contributed by atoms with Gasteiger partial charge in [-0.2, -0.15) is 0 Å². The van der Waals surface area contributed by atoms with Crippen LogP contribution < -0.4 is 5.32 Å². The summed E-state index contributed by atoms with van der Waals surface area (Å²) in [5.74, 6) is 0.182. The number of ketones is 1. The lowest BCUT2D eigenvalue weighted by molar-refractivity contribution is -0.122. The van der Waals surface area contributed by atoms with Crippen LogP contribution in [0.25, 0.3) is 0 Å². The second kappa shape index (κ2) is 6.33. The first kappa shape index (κ1) is 14.3. The molecule has 1 amide bonds. The topological polar surface area (TPSA) is 46.2 Å². The number of amides is 1. The predicted molar refractivity (Wildman–Crippen MR) is 77.9 cm³/mol. The molecular formula is C15H18BrNO2. The molecule has 0 heterocycles. The van der Waals surface area contributed by atoms with Crippen molar-refractivity contribution in [3.05, 3.63) is 33.8 Å². The highest BCUT2D eigenvalue weighted by molar-refractivity contribution is 9.10. The Morgan fingerprint density at radius 3 is 2.89 bits per heavy atom. The van der Waals surface area contributed by atoms with Crippen LogP contribution in [0.15, 0.2) is 22.7 Å². The van der Waals surface area contributed by atoms with Crippen molar-refractivity contribution in [1.82, 2.24) is 5.32 Å². The Balaban J connectivity index is 1.90. The summed E-state index contributed by atoms with van der Waals surface area (Å²) in [6.07, 6.45) is 3.50. The number of rotatable bonds is 5. The maximum Gasteiger partial charge on any atom is 0.220 e. The number of fused-ring (bicyclic) bond motifs is 1. The molecule has 0 bridgehead atoms. The Bertz CT molecular complexity index is 499. The Morgan fingerprint density at radius 2 is 2.16 bits per heavy atom. The van der Waals surface area contributed by atoms with Crippen LogP contribution in [-0.4, -0.2) is 11.7 Å². The molecule has 1 aliphatic carbocycles. The fourth-order valence-corrected chi connectivity index (χ4v) is 3.10. The molecule has 0 fully saturated rings. The summed E-state index contributed by atoms with van der Waals surface area (Å²) in [7, 11) is 0. The van der Waals surface area contributed by atoms with Gasteiger partial charge in [0.25, 0.3) is 0 Å². The molecule has 1 atom stereocenters. The van der Waals surface area contributed by atoms with Crippen molar-refractivity contribution < 1.29 is 9.59 Å². The first-order chi connectivity index (χ1) is 9.08. The molecule has 0 aliphatic heterocycles. The van der Waals surface area contributed by atoms with Crippen LogP contribution in [0, 0.1) is 0 Å². The van der Waals surface area contributed by atoms with Crippen molar-refractivity contribution in [2.24, 2.45) is 0 Å². The van der Waals surface area contributed by atoms with Crippen LogP contribution in [0.5, 0.6) is 0 Å². The largest absolute Gasteiger partial charge is 0.349 e. The summed E-state index contributed by atoms with van der Waals surface area (Å²) < 4.78 is 1.12. The van der Waals surface area contributed by atoms with Crippen LogP contribution in [0.1, 0.15) is 49.8 Å². The van der Waals surface area contributed by atoms with Crippen molar-refractivity contribution in [3.63, 3.8) is 0 Å². The van der Waals surface area contributed by atoms with Crippen molar-refractivity contribution in [2.45, 2.75) is 45.1 Å². The highest BCUT2D eigenvalue weighted by atomic mass is 79.9. The minimum Gasteiger partial charge on any atom is -0.349 e. The number of benzene rings is 1. The predicted octanol–water partition coefficient (Wildman–Crippen LogP) is 3.31. The van der Waals surface area contributed by atoms with Crippen LogP contribution >= 0.6 is 15.9 Å². The minimum atomic E-state index is 0.0408. The maximum atomic E-state index is 11.8. The second-order valence-corrected chi connectivity index (χ2v) is 5.88. The Labute approximate surface area is 121 Å². The molecule has 0 radical (unpaired) electrons. The van der Waals surface area contributed by atoms with Gasteiger partial charge >= 0.3 is 0 Å². The average molecular weight is 324 g/mol. The van der Waals surface area contributed by atoms with Crippen molar-refractivity contribution in [1.29, 1.82) is 0 Å². The molecule has 1 aromatic rings. The fraction of sp³-hybridized carbons (Fsp3) is 0.467. The van der Waals surface area contributed by atoms with Crippen molar-refractivity contribution in [3.8, 4) is 0 Å². The molecular weight excluding hydrogens is 306 g/mol. The average Bonchev–Trinajstić information content (AvgIpc) is 2.73. The van der Waals surface area contributed by atoms with E-state index in [0.29, 0.717) is 19.3 Å². The molecule has 102 valence electrons. The quantitative estimate of drug-likeness (QED) is 0.903. The van der Waals surface area contributed by atoms with E-state index in [1.165, 1.54) is 11.1 Å². The van der Waals surface area contributed by atoms with Gasteiger partial charge in [0.15, 0.2) is 0 Å². The number of halogens is 1. The third kappa shape index (κ3) is 3.66. The molecule has 4 heteroatoms. The molecule has 0 aromatic heterocycles. The summed E-state index contributed by atoms with van der Waals surface area (Å²) in [6.45, 7) is 1.56. The molecule has 1 aliphatic rings. The first-order valence-electron chi connectivity index (χ1n) is 6.64. The molecule has 19 heavy (non-hydrogen) atoms. The Kier molecular flexibility index (Phi) is 4.75. The monoisotopic (exact) mass is 323 g/mol. The molecule has 0 spiro atoms. The van der Waals surface area contributed by atoms with E-state index in [1.54, 1.807) is 6.92 Å². The molecule has 1 aromatic carbocycles. The van der Waals surface area contributed by atoms with E-state index in [4.69, 9.17) is 0 Å². The SMILES string of the molecule is CC(=O)CCCC(=O)NC1CCc2c(Br)cccc21. The summed E-state index contributed by atoms with van der Waals surface area (Å²) in [4.78, 5) is 22.7. The van der Waals surface area contributed by atoms with E-state index in [-0.39, 0.29) is 17.7 Å². The smallest absolute Gasteiger partial charge is 0.220 e. The van der Waals surface area contributed by atoms with E-state index in [2.05, 4.69) is 27.3 Å². The minimum absolute atomic E-state index is 0.0408. The number of nitrogens with one attached hydrogen (secondary N) is 1. The summed E-state index contributed by atoms with van der Waals surface area (Å²) >= 11 is 3.55. The molecule has 2 rings (SSSR count). The number of Topliss-reactive ketones (excluding diaryl/α,β-unsaturated/α-hetero) is 1. The summed E-state index contributed by atoms with van der Waals surface area (Å²) in [5.41, 5.74) is 2.52. The van der Waals surface area contributed by atoms with Crippen LogP contribution in [0.3, 0.4) is 0 Å². The number of hydrogen-bond acceptors (Lipinski definition) is 2. The fourth-order valence-electron chi connectivity index (χ4n) is 2.52. The van der Waals surface area contributed by atoms with Gasteiger partial charge in [0.05, 0.1) is 6.04 Å². The zero-order valence-corrected chi connectivity index (χ0v) is 12.6. The van der Waals surface area contributed by atoms with Gasteiger partial charge in [0, 0.05) is 17.3 Å². The Hall–Kier alpha value is -1.16. The lowest BCUT2D eigenvalue weighted by Crippen LogP contribution is -2.26. The molecule has 0 saturated carbocycles. The van der Waals surface area contributed by atoms with Gasteiger partial charge < -0.3 is 10.1 Å². The zero-order valence-electron chi connectivity index (χ0n) is 11.0. The van der Waals surface area contributed by atoms with Gasteiger partial charge in [-0.05, 0) is 43.4 Å². The van der Waals surface area contributed by atoms with Crippen molar-refractivity contribution >= 4 is 27.6 Å². The standard InChI is InChI=1S/C15H18BrNO2/c1-10(18)4-2-7-15(19)17-14-9-8-11-12(14)5-3-6-13(11)16/h3,5-6,14H,2,4,7-9H2,1H3,(H,17,19). The van der Waals surface area contributed by atoms with Crippen LogP contribution in [0.2, 0.25) is 0 Å². The maximum absolute atomic E-state index is 11.8. The van der Waals surface area contributed by atoms with Gasteiger partial charge in [-0.3, -0.25) is 4.79 Å². The molecule has 1 N–H and O–H groups in total. The second-order valence-electron chi connectivity index (χ2n) is 5.02. The number of carbonyl (C=O) groups is 2. The third-order valence-corrected chi connectivity index (χ3v) is 4.22. The lowest BCUT2D eigenvalue weighted by atomic mass is 10.1. The van der Waals surface area contributed by atoms with Gasteiger partial charge in [-0.15, -0.1) is 0 Å².